The highest BCUT2D eigenvalue weighted by Gasteiger charge is 2.33. The molecule has 0 aliphatic carbocycles. The summed E-state index contributed by atoms with van der Waals surface area (Å²) in [5, 5.41) is 6.34. The first kappa shape index (κ1) is 20.5. The minimum absolute atomic E-state index is 0. The minimum atomic E-state index is -0.275. The van der Waals surface area contributed by atoms with Gasteiger partial charge in [0.2, 0.25) is 11.8 Å². The van der Waals surface area contributed by atoms with E-state index in [1.54, 1.807) is 16.7 Å². The molecule has 0 aromatic carbocycles. The van der Waals surface area contributed by atoms with Crippen molar-refractivity contribution in [2.24, 2.45) is 0 Å². The molecule has 0 aromatic rings. The van der Waals surface area contributed by atoms with Crippen LogP contribution in [0.1, 0.15) is 26.2 Å². The van der Waals surface area contributed by atoms with Gasteiger partial charge < -0.3 is 20.4 Å². The molecule has 0 aromatic heterocycles. The first-order valence-electron chi connectivity index (χ1n) is 8.30. The van der Waals surface area contributed by atoms with Gasteiger partial charge in [-0.3, -0.25) is 9.59 Å². The number of nitrogens with zero attached hydrogens (tertiary/aromatic N) is 2. The molecule has 2 fully saturated rings. The zero-order valence-electron chi connectivity index (χ0n) is 13.9. The third-order valence-corrected chi connectivity index (χ3v) is 5.14. The molecule has 0 spiro atoms. The van der Waals surface area contributed by atoms with Gasteiger partial charge in [0, 0.05) is 44.9 Å². The Labute approximate surface area is 149 Å². The Bertz CT molecular complexity index is 380. The van der Waals surface area contributed by atoms with Gasteiger partial charge in [0.25, 0.3) is 0 Å². The highest BCUT2D eigenvalue weighted by Crippen LogP contribution is 2.22. The van der Waals surface area contributed by atoms with Crippen LogP contribution in [0.15, 0.2) is 0 Å². The Morgan fingerprint density at radius 1 is 1.30 bits per heavy atom. The average molecular weight is 365 g/mol. The molecule has 0 radical (unpaired) electrons. The van der Waals surface area contributed by atoms with E-state index in [-0.39, 0.29) is 30.3 Å². The molecule has 2 saturated heterocycles. The van der Waals surface area contributed by atoms with Crippen LogP contribution >= 0.6 is 24.2 Å². The van der Waals surface area contributed by atoms with Crippen molar-refractivity contribution in [2.45, 2.75) is 32.2 Å². The highest BCUT2D eigenvalue weighted by molar-refractivity contribution is 7.99. The molecule has 2 heterocycles. The van der Waals surface area contributed by atoms with Crippen molar-refractivity contribution in [1.82, 2.24) is 20.4 Å². The summed E-state index contributed by atoms with van der Waals surface area (Å²) in [7, 11) is 0. The van der Waals surface area contributed by atoms with Crippen molar-refractivity contribution in [2.75, 3.05) is 50.9 Å². The van der Waals surface area contributed by atoms with E-state index in [0.29, 0.717) is 18.8 Å². The predicted molar refractivity (Wildman–Crippen MR) is 97.1 cm³/mol. The fourth-order valence-electron chi connectivity index (χ4n) is 2.83. The van der Waals surface area contributed by atoms with Gasteiger partial charge in [0.1, 0.15) is 6.04 Å². The van der Waals surface area contributed by atoms with Crippen molar-refractivity contribution in [3.8, 4) is 0 Å². The number of amides is 2. The second-order valence-corrected chi connectivity index (χ2v) is 6.87. The Kier molecular flexibility index (Phi) is 9.94. The van der Waals surface area contributed by atoms with Gasteiger partial charge >= 0.3 is 0 Å². The minimum Gasteiger partial charge on any atom is -0.354 e. The summed E-state index contributed by atoms with van der Waals surface area (Å²) in [4.78, 5) is 28.4. The zero-order valence-corrected chi connectivity index (χ0v) is 15.5. The number of carbonyl (C=O) groups excluding carboxylic acids is 2. The second kappa shape index (κ2) is 11.1. The third-order valence-electron chi connectivity index (χ3n) is 4.13. The summed E-state index contributed by atoms with van der Waals surface area (Å²) in [6.45, 7) is 8.01. The number of hydrogen-bond donors (Lipinski definition) is 2. The Morgan fingerprint density at radius 2 is 2.04 bits per heavy atom. The van der Waals surface area contributed by atoms with E-state index in [1.165, 1.54) is 0 Å². The van der Waals surface area contributed by atoms with Crippen molar-refractivity contribution in [3.63, 3.8) is 0 Å². The van der Waals surface area contributed by atoms with Crippen molar-refractivity contribution < 1.29 is 9.59 Å². The van der Waals surface area contributed by atoms with Crippen LogP contribution in [0.2, 0.25) is 0 Å². The van der Waals surface area contributed by atoms with E-state index in [9.17, 15) is 9.59 Å². The maximum Gasteiger partial charge on any atom is 0.243 e. The lowest BCUT2D eigenvalue weighted by Gasteiger charge is -2.27. The molecular formula is C15H29ClN4O2S. The van der Waals surface area contributed by atoms with E-state index < -0.39 is 0 Å². The summed E-state index contributed by atoms with van der Waals surface area (Å²) in [5.41, 5.74) is 0. The molecule has 2 rings (SSSR count). The molecule has 134 valence electrons. The summed E-state index contributed by atoms with van der Waals surface area (Å²) in [6, 6.07) is -0.275. The van der Waals surface area contributed by atoms with Gasteiger partial charge in [-0.15, -0.1) is 24.2 Å². The predicted octanol–water partition coefficient (Wildman–Crippen LogP) is 0.521. The van der Waals surface area contributed by atoms with Crippen molar-refractivity contribution in [3.05, 3.63) is 0 Å². The van der Waals surface area contributed by atoms with E-state index >= 15 is 0 Å². The smallest absolute Gasteiger partial charge is 0.243 e. The largest absolute Gasteiger partial charge is 0.354 e. The van der Waals surface area contributed by atoms with E-state index in [1.807, 2.05) is 6.92 Å². The average Bonchev–Trinajstić information content (AvgIpc) is 3.02. The molecule has 8 heteroatoms. The number of thioether (sulfide) groups is 1. The van der Waals surface area contributed by atoms with Crippen LogP contribution in [-0.2, 0) is 9.59 Å². The molecule has 6 nitrogen and oxygen atoms in total. The number of halogens is 1. The van der Waals surface area contributed by atoms with Crippen LogP contribution in [0.5, 0.6) is 0 Å². The first-order chi connectivity index (χ1) is 10.7. The van der Waals surface area contributed by atoms with Crippen LogP contribution in [0, 0.1) is 0 Å². The molecule has 2 amide bonds. The maximum atomic E-state index is 12.3. The van der Waals surface area contributed by atoms with Crippen LogP contribution < -0.4 is 10.6 Å². The van der Waals surface area contributed by atoms with Gasteiger partial charge in [-0.05, 0) is 19.4 Å². The van der Waals surface area contributed by atoms with E-state index in [0.717, 1.165) is 51.3 Å². The van der Waals surface area contributed by atoms with Crippen LogP contribution in [-0.4, -0.2) is 78.6 Å². The van der Waals surface area contributed by atoms with Crippen LogP contribution in [0.3, 0.4) is 0 Å². The van der Waals surface area contributed by atoms with Gasteiger partial charge in [-0.2, -0.15) is 0 Å². The Balaban J connectivity index is 0.00000264. The molecular weight excluding hydrogens is 336 g/mol. The monoisotopic (exact) mass is 364 g/mol. The quantitative estimate of drug-likeness (QED) is 0.645. The van der Waals surface area contributed by atoms with Gasteiger partial charge in [-0.1, -0.05) is 6.92 Å². The van der Waals surface area contributed by atoms with E-state index in [2.05, 4.69) is 15.5 Å². The number of rotatable bonds is 7. The normalized spacial score (nSPS) is 21.8. The number of hydrogen-bond acceptors (Lipinski definition) is 5. The SMILES string of the molecule is CCCC(=O)N1CSCC1C(=O)NCCCN1CCNCC1.Cl. The topological polar surface area (TPSA) is 64.7 Å². The fraction of sp³-hybridized carbons (Fsp3) is 0.867. The molecule has 2 aliphatic rings. The second-order valence-electron chi connectivity index (χ2n) is 5.87. The number of nitrogens with one attached hydrogen (secondary N) is 2. The summed E-state index contributed by atoms with van der Waals surface area (Å²) < 4.78 is 0. The summed E-state index contributed by atoms with van der Waals surface area (Å²) >= 11 is 1.66. The van der Waals surface area contributed by atoms with Gasteiger partial charge in [0.05, 0.1) is 5.88 Å². The molecule has 0 bridgehead atoms. The van der Waals surface area contributed by atoms with Gasteiger partial charge in [0.15, 0.2) is 0 Å². The molecule has 1 atom stereocenters. The van der Waals surface area contributed by atoms with Crippen LogP contribution in [0.4, 0.5) is 0 Å². The first-order valence-corrected chi connectivity index (χ1v) is 9.46. The lowest BCUT2D eigenvalue weighted by Crippen LogP contribution is -2.48. The van der Waals surface area contributed by atoms with E-state index in [4.69, 9.17) is 0 Å². The Hall–Kier alpha value is -0.500. The summed E-state index contributed by atoms with van der Waals surface area (Å²) in [5.74, 6) is 1.49. The molecule has 2 aliphatic heterocycles. The maximum absolute atomic E-state index is 12.3. The molecule has 1 unspecified atom stereocenters. The number of carbonyl (C=O) groups is 2. The number of piperazine rings is 1. The lowest BCUT2D eigenvalue weighted by molar-refractivity contribution is -0.138. The standard InChI is InChI=1S/C15H28N4O2S.ClH/c1-2-4-14(20)19-12-22-11-13(19)15(21)17-5-3-8-18-9-6-16-7-10-18;/h13,16H,2-12H2,1H3,(H,17,21);1H. The van der Waals surface area contributed by atoms with Crippen molar-refractivity contribution >= 4 is 36.0 Å². The lowest BCUT2D eigenvalue weighted by atomic mass is 10.2. The Morgan fingerprint density at radius 3 is 2.74 bits per heavy atom. The summed E-state index contributed by atoms with van der Waals surface area (Å²) in [6.07, 6.45) is 2.33. The molecule has 2 N–H and O–H groups in total. The zero-order chi connectivity index (χ0) is 15.8. The highest BCUT2D eigenvalue weighted by atomic mass is 35.5. The van der Waals surface area contributed by atoms with Crippen LogP contribution in [0.25, 0.3) is 0 Å². The van der Waals surface area contributed by atoms with Crippen molar-refractivity contribution in [1.29, 1.82) is 0 Å². The molecule has 0 saturated carbocycles. The fourth-order valence-corrected chi connectivity index (χ4v) is 4.01. The third kappa shape index (κ3) is 6.49. The van der Waals surface area contributed by atoms with Gasteiger partial charge in [-0.25, -0.2) is 0 Å². The molecule has 23 heavy (non-hydrogen) atoms.